The number of rotatable bonds is 7. The summed E-state index contributed by atoms with van der Waals surface area (Å²) >= 11 is 0. The fourth-order valence-electron chi connectivity index (χ4n) is 3.62. The van der Waals surface area contributed by atoms with Crippen molar-refractivity contribution in [2.24, 2.45) is 11.3 Å². The Bertz CT molecular complexity index is 411. The van der Waals surface area contributed by atoms with Crippen LogP contribution in [-0.4, -0.2) is 10.6 Å². The van der Waals surface area contributed by atoms with Crippen LogP contribution in [0.1, 0.15) is 71.8 Å². The lowest BCUT2D eigenvalue weighted by molar-refractivity contribution is 0.137. The van der Waals surface area contributed by atoms with E-state index in [9.17, 15) is 0 Å². The van der Waals surface area contributed by atoms with Crippen LogP contribution in [0, 0.1) is 11.3 Å². The van der Waals surface area contributed by atoms with E-state index in [1.54, 1.807) is 0 Å². The highest BCUT2D eigenvalue weighted by molar-refractivity contribution is 5.10. The van der Waals surface area contributed by atoms with Crippen LogP contribution >= 0.6 is 0 Å². The maximum absolute atomic E-state index is 3.77. The van der Waals surface area contributed by atoms with E-state index in [0.29, 0.717) is 5.41 Å². The van der Waals surface area contributed by atoms with Gasteiger partial charge in [0.25, 0.3) is 0 Å². The molecule has 0 spiro atoms. The van der Waals surface area contributed by atoms with Gasteiger partial charge < -0.3 is 9.88 Å². The molecule has 0 unspecified atom stereocenters. The standard InChI is InChI=1S/C19H34N2/c1-5-12-21-13-11-16(15-21)14-20-18-9-7-17(8-10-18)19(3,4)6-2/h11,13,15,17-18,20H,5-10,12,14H2,1-4H3. The highest BCUT2D eigenvalue weighted by Crippen LogP contribution is 2.40. The van der Waals surface area contributed by atoms with E-state index in [1.165, 1.54) is 44.1 Å². The molecule has 1 aromatic rings. The third-order valence-corrected chi connectivity index (χ3v) is 5.63. The molecule has 0 aliphatic heterocycles. The Kier molecular flexibility index (Phi) is 5.92. The van der Waals surface area contributed by atoms with Gasteiger partial charge in [-0.1, -0.05) is 34.1 Å². The summed E-state index contributed by atoms with van der Waals surface area (Å²) in [6.45, 7) is 11.6. The van der Waals surface area contributed by atoms with Crippen LogP contribution in [-0.2, 0) is 13.1 Å². The fraction of sp³-hybridized carbons (Fsp3) is 0.789. The Morgan fingerprint density at radius 3 is 2.52 bits per heavy atom. The van der Waals surface area contributed by atoms with Crippen LogP contribution in [0.15, 0.2) is 18.5 Å². The third-order valence-electron chi connectivity index (χ3n) is 5.63. The summed E-state index contributed by atoms with van der Waals surface area (Å²) in [5, 5.41) is 3.77. The molecular formula is C19H34N2. The number of nitrogens with one attached hydrogen (secondary N) is 1. The molecule has 0 bridgehead atoms. The van der Waals surface area contributed by atoms with Crippen molar-refractivity contribution in [3.8, 4) is 0 Å². The van der Waals surface area contributed by atoms with Crippen molar-refractivity contribution < 1.29 is 0 Å². The normalized spacial score (nSPS) is 23.4. The summed E-state index contributed by atoms with van der Waals surface area (Å²) in [6.07, 6.45) is 12.5. The molecule has 21 heavy (non-hydrogen) atoms. The van der Waals surface area contributed by atoms with E-state index in [0.717, 1.165) is 25.0 Å². The minimum atomic E-state index is 0.530. The molecule has 120 valence electrons. The zero-order valence-corrected chi connectivity index (χ0v) is 14.5. The molecule has 1 heterocycles. The minimum absolute atomic E-state index is 0.530. The summed E-state index contributed by atoms with van der Waals surface area (Å²) in [5.74, 6) is 0.922. The lowest BCUT2D eigenvalue weighted by Crippen LogP contribution is -2.36. The van der Waals surface area contributed by atoms with Crippen LogP contribution in [0.25, 0.3) is 0 Å². The zero-order chi connectivity index (χ0) is 15.3. The second-order valence-electron chi connectivity index (χ2n) is 7.53. The van der Waals surface area contributed by atoms with E-state index in [1.807, 2.05) is 0 Å². The molecule has 0 amide bonds. The molecule has 1 N–H and O–H groups in total. The topological polar surface area (TPSA) is 17.0 Å². The second-order valence-corrected chi connectivity index (χ2v) is 7.53. The van der Waals surface area contributed by atoms with Gasteiger partial charge in [-0.2, -0.15) is 0 Å². The molecule has 1 saturated carbocycles. The van der Waals surface area contributed by atoms with Crippen molar-refractivity contribution >= 4 is 0 Å². The highest BCUT2D eigenvalue weighted by Gasteiger charge is 2.31. The maximum atomic E-state index is 3.77. The molecule has 0 atom stereocenters. The van der Waals surface area contributed by atoms with Crippen LogP contribution in [0.2, 0.25) is 0 Å². The smallest absolute Gasteiger partial charge is 0.0223 e. The van der Waals surface area contributed by atoms with Gasteiger partial charge in [0.1, 0.15) is 0 Å². The van der Waals surface area contributed by atoms with Crippen molar-refractivity contribution in [1.82, 2.24) is 9.88 Å². The molecule has 0 saturated heterocycles. The molecular weight excluding hydrogens is 256 g/mol. The molecule has 0 radical (unpaired) electrons. The molecule has 1 aliphatic rings. The number of nitrogens with zero attached hydrogens (tertiary/aromatic N) is 1. The average molecular weight is 290 g/mol. The van der Waals surface area contributed by atoms with Crippen LogP contribution in [0.3, 0.4) is 0 Å². The lowest BCUT2D eigenvalue weighted by atomic mass is 9.69. The minimum Gasteiger partial charge on any atom is -0.354 e. The van der Waals surface area contributed by atoms with Gasteiger partial charge in [0, 0.05) is 31.5 Å². The predicted molar refractivity (Wildman–Crippen MR) is 91.4 cm³/mol. The Morgan fingerprint density at radius 2 is 1.90 bits per heavy atom. The molecule has 2 heteroatoms. The first-order chi connectivity index (χ1) is 10.0. The van der Waals surface area contributed by atoms with E-state index in [2.05, 4.69) is 56.0 Å². The van der Waals surface area contributed by atoms with Gasteiger partial charge in [-0.25, -0.2) is 0 Å². The van der Waals surface area contributed by atoms with E-state index in [-0.39, 0.29) is 0 Å². The Balaban J connectivity index is 1.73. The van der Waals surface area contributed by atoms with Gasteiger partial charge in [-0.3, -0.25) is 0 Å². The highest BCUT2D eigenvalue weighted by atomic mass is 15.0. The number of hydrogen-bond acceptors (Lipinski definition) is 1. The van der Waals surface area contributed by atoms with Crippen molar-refractivity contribution in [2.75, 3.05) is 0 Å². The first kappa shape index (κ1) is 16.6. The largest absolute Gasteiger partial charge is 0.354 e. The molecule has 2 rings (SSSR count). The Morgan fingerprint density at radius 1 is 1.19 bits per heavy atom. The number of aromatic nitrogens is 1. The quantitative estimate of drug-likeness (QED) is 0.749. The Labute approximate surface area is 131 Å². The molecule has 1 aliphatic carbocycles. The van der Waals surface area contributed by atoms with Gasteiger partial charge in [0.05, 0.1) is 0 Å². The first-order valence-electron chi connectivity index (χ1n) is 8.93. The van der Waals surface area contributed by atoms with Crippen LogP contribution in [0.5, 0.6) is 0 Å². The van der Waals surface area contributed by atoms with Gasteiger partial charge in [0.15, 0.2) is 0 Å². The van der Waals surface area contributed by atoms with Gasteiger partial charge in [-0.15, -0.1) is 0 Å². The van der Waals surface area contributed by atoms with Gasteiger partial charge >= 0.3 is 0 Å². The monoisotopic (exact) mass is 290 g/mol. The van der Waals surface area contributed by atoms with E-state index < -0.39 is 0 Å². The van der Waals surface area contributed by atoms with Gasteiger partial charge in [-0.05, 0) is 55.1 Å². The summed E-state index contributed by atoms with van der Waals surface area (Å²) in [4.78, 5) is 0. The van der Waals surface area contributed by atoms with Crippen LogP contribution in [0.4, 0.5) is 0 Å². The fourth-order valence-corrected chi connectivity index (χ4v) is 3.62. The number of aryl methyl sites for hydroxylation is 1. The van der Waals surface area contributed by atoms with E-state index in [4.69, 9.17) is 0 Å². The molecule has 2 nitrogen and oxygen atoms in total. The van der Waals surface area contributed by atoms with Gasteiger partial charge in [0.2, 0.25) is 0 Å². The molecule has 1 fully saturated rings. The van der Waals surface area contributed by atoms with Crippen molar-refractivity contribution in [1.29, 1.82) is 0 Å². The predicted octanol–water partition coefficient (Wildman–Crippen LogP) is 4.98. The maximum Gasteiger partial charge on any atom is 0.0223 e. The lowest BCUT2D eigenvalue weighted by Gasteiger charge is -2.39. The van der Waals surface area contributed by atoms with Crippen molar-refractivity contribution in [3.63, 3.8) is 0 Å². The van der Waals surface area contributed by atoms with Crippen molar-refractivity contribution in [3.05, 3.63) is 24.0 Å². The molecule has 0 aromatic carbocycles. The SMILES string of the molecule is CCCn1ccc(CNC2CCC(C(C)(C)CC)CC2)c1. The molecule has 1 aromatic heterocycles. The third kappa shape index (κ3) is 4.60. The average Bonchev–Trinajstić information content (AvgIpc) is 2.94. The zero-order valence-electron chi connectivity index (χ0n) is 14.5. The summed E-state index contributed by atoms with van der Waals surface area (Å²) in [6, 6.07) is 2.98. The summed E-state index contributed by atoms with van der Waals surface area (Å²) < 4.78 is 2.30. The summed E-state index contributed by atoms with van der Waals surface area (Å²) in [7, 11) is 0. The van der Waals surface area contributed by atoms with E-state index >= 15 is 0 Å². The van der Waals surface area contributed by atoms with Crippen molar-refractivity contribution in [2.45, 2.75) is 85.4 Å². The van der Waals surface area contributed by atoms with Crippen LogP contribution < -0.4 is 5.32 Å². The number of hydrogen-bond donors (Lipinski definition) is 1. The first-order valence-corrected chi connectivity index (χ1v) is 8.93. The second kappa shape index (κ2) is 7.49. The Hall–Kier alpha value is -0.760. The summed E-state index contributed by atoms with van der Waals surface area (Å²) in [5.41, 5.74) is 1.96.